The van der Waals surface area contributed by atoms with Gasteiger partial charge in [0.1, 0.15) is 0 Å². The summed E-state index contributed by atoms with van der Waals surface area (Å²) >= 11 is 0. The van der Waals surface area contributed by atoms with Gasteiger partial charge in [0.25, 0.3) is 0 Å². The molecule has 0 aromatic carbocycles. The highest BCUT2D eigenvalue weighted by Crippen LogP contribution is 2.28. The van der Waals surface area contributed by atoms with Crippen LogP contribution < -0.4 is 0 Å². The van der Waals surface area contributed by atoms with E-state index in [1.807, 2.05) is 0 Å². The van der Waals surface area contributed by atoms with Gasteiger partial charge in [0, 0.05) is 31.3 Å². The molecule has 0 unspecified atom stereocenters. The Bertz CT molecular complexity index is 268. The summed E-state index contributed by atoms with van der Waals surface area (Å²) in [6.07, 6.45) is 4.37. The van der Waals surface area contributed by atoms with Crippen molar-refractivity contribution in [1.82, 2.24) is 4.90 Å². The summed E-state index contributed by atoms with van der Waals surface area (Å²) in [7, 11) is 0. The van der Waals surface area contributed by atoms with Crippen LogP contribution in [0.25, 0.3) is 0 Å². The molecule has 2 nitrogen and oxygen atoms in total. The third kappa shape index (κ3) is 1.68. The Morgan fingerprint density at radius 3 is 2.85 bits per heavy atom. The highest BCUT2D eigenvalue weighted by Gasteiger charge is 2.27. The Morgan fingerprint density at radius 1 is 1.38 bits per heavy atom. The SMILES string of the molecule is CC(C)(C)N1CCC2=C(C1)N=CC2. The molecule has 0 saturated heterocycles. The van der Waals surface area contributed by atoms with E-state index in [1.54, 1.807) is 5.57 Å². The summed E-state index contributed by atoms with van der Waals surface area (Å²) in [4.78, 5) is 6.94. The average molecular weight is 178 g/mol. The Labute approximate surface area is 80.3 Å². The second kappa shape index (κ2) is 2.95. The van der Waals surface area contributed by atoms with Crippen molar-refractivity contribution in [3.05, 3.63) is 11.3 Å². The molecule has 0 aromatic heterocycles. The van der Waals surface area contributed by atoms with Crippen LogP contribution in [-0.2, 0) is 0 Å². The van der Waals surface area contributed by atoms with Crippen molar-refractivity contribution < 1.29 is 0 Å². The topological polar surface area (TPSA) is 15.6 Å². The number of rotatable bonds is 0. The maximum absolute atomic E-state index is 4.43. The van der Waals surface area contributed by atoms with Crippen LogP contribution in [0.15, 0.2) is 16.3 Å². The molecule has 0 N–H and O–H groups in total. The fourth-order valence-electron chi connectivity index (χ4n) is 1.98. The summed E-state index contributed by atoms with van der Waals surface area (Å²) in [5.41, 5.74) is 3.19. The average Bonchev–Trinajstić information content (AvgIpc) is 2.47. The highest BCUT2D eigenvalue weighted by atomic mass is 15.2. The number of aliphatic imine (C=N–C) groups is 1. The zero-order chi connectivity index (χ0) is 9.47. The lowest BCUT2D eigenvalue weighted by Gasteiger charge is -2.38. The highest BCUT2D eigenvalue weighted by molar-refractivity contribution is 5.67. The molecular weight excluding hydrogens is 160 g/mol. The molecule has 0 amide bonds. The standard InChI is InChI=1S/C11H18N2/c1-11(2,3)13-7-5-9-4-6-12-10(9)8-13/h6H,4-5,7-8H2,1-3H3. The second-order valence-electron chi connectivity index (χ2n) is 4.91. The lowest BCUT2D eigenvalue weighted by Crippen LogP contribution is -2.44. The van der Waals surface area contributed by atoms with Crippen molar-refractivity contribution >= 4 is 6.21 Å². The lowest BCUT2D eigenvalue weighted by atomic mass is 9.98. The van der Waals surface area contributed by atoms with Crippen LogP contribution in [0.3, 0.4) is 0 Å². The molecule has 0 aliphatic carbocycles. The summed E-state index contributed by atoms with van der Waals surface area (Å²) in [6.45, 7) is 9.08. The fraction of sp³-hybridized carbons (Fsp3) is 0.727. The van der Waals surface area contributed by atoms with E-state index in [1.165, 1.54) is 18.7 Å². The Balaban J connectivity index is 2.11. The molecule has 13 heavy (non-hydrogen) atoms. The van der Waals surface area contributed by atoms with Crippen LogP contribution in [0, 0.1) is 0 Å². The van der Waals surface area contributed by atoms with E-state index in [0.717, 1.165) is 13.0 Å². The van der Waals surface area contributed by atoms with E-state index in [9.17, 15) is 0 Å². The molecule has 0 fully saturated rings. The first-order valence-electron chi connectivity index (χ1n) is 5.06. The first kappa shape index (κ1) is 8.95. The summed E-state index contributed by atoms with van der Waals surface area (Å²) in [5.74, 6) is 0. The third-order valence-corrected chi connectivity index (χ3v) is 2.97. The quantitative estimate of drug-likeness (QED) is 0.555. The Hall–Kier alpha value is -0.630. The minimum Gasteiger partial charge on any atom is -0.292 e. The zero-order valence-corrected chi connectivity index (χ0v) is 8.80. The first-order chi connectivity index (χ1) is 6.07. The van der Waals surface area contributed by atoms with E-state index in [4.69, 9.17) is 0 Å². The zero-order valence-electron chi connectivity index (χ0n) is 8.80. The summed E-state index contributed by atoms with van der Waals surface area (Å²) in [6, 6.07) is 0. The molecular formula is C11H18N2. The van der Waals surface area contributed by atoms with Gasteiger partial charge in [-0.2, -0.15) is 0 Å². The van der Waals surface area contributed by atoms with E-state index in [0.29, 0.717) is 0 Å². The molecule has 0 aromatic rings. The van der Waals surface area contributed by atoms with Crippen LogP contribution >= 0.6 is 0 Å². The van der Waals surface area contributed by atoms with Crippen LogP contribution in [-0.4, -0.2) is 29.7 Å². The van der Waals surface area contributed by atoms with E-state index >= 15 is 0 Å². The predicted octanol–water partition coefficient (Wildman–Crippen LogP) is 2.22. The minimum atomic E-state index is 0.288. The van der Waals surface area contributed by atoms with Crippen LogP contribution in [0.2, 0.25) is 0 Å². The molecule has 2 aliphatic heterocycles. The van der Waals surface area contributed by atoms with Gasteiger partial charge >= 0.3 is 0 Å². The smallest absolute Gasteiger partial charge is 0.0536 e. The lowest BCUT2D eigenvalue weighted by molar-refractivity contribution is 0.144. The van der Waals surface area contributed by atoms with E-state index < -0.39 is 0 Å². The Kier molecular flexibility index (Phi) is 2.03. The van der Waals surface area contributed by atoms with E-state index in [2.05, 4.69) is 36.9 Å². The maximum atomic E-state index is 4.43. The van der Waals surface area contributed by atoms with Gasteiger partial charge in [-0.05, 0) is 32.8 Å². The molecule has 2 heterocycles. The number of hydrogen-bond acceptors (Lipinski definition) is 2. The maximum Gasteiger partial charge on any atom is 0.0536 e. The van der Waals surface area contributed by atoms with Crippen molar-refractivity contribution in [2.24, 2.45) is 4.99 Å². The molecule has 0 saturated carbocycles. The second-order valence-corrected chi connectivity index (χ2v) is 4.91. The van der Waals surface area contributed by atoms with Gasteiger partial charge in [-0.25, -0.2) is 0 Å². The van der Waals surface area contributed by atoms with Gasteiger partial charge in [0.05, 0.1) is 5.70 Å². The summed E-state index contributed by atoms with van der Waals surface area (Å²) < 4.78 is 0. The van der Waals surface area contributed by atoms with Crippen LogP contribution in [0.5, 0.6) is 0 Å². The molecule has 0 bridgehead atoms. The number of hydrogen-bond donors (Lipinski definition) is 0. The molecule has 0 spiro atoms. The van der Waals surface area contributed by atoms with Crippen molar-refractivity contribution in [2.75, 3.05) is 13.1 Å². The van der Waals surface area contributed by atoms with Crippen molar-refractivity contribution in [3.63, 3.8) is 0 Å². The minimum absolute atomic E-state index is 0.288. The normalized spacial score (nSPS) is 23.9. The molecule has 72 valence electrons. The van der Waals surface area contributed by atoms with Crippen molar-refractivity contribution in [3.8, 4) is 0 Å². The first-order valence-corrected chi connectivity index (χ1v) is 5.06. The van der Waals surface area contributed by atoms with Crippen LogP contribution in [0.4, 0.5) is 0 Å². The molecule has 2 rings (SSSR count). The van der Waals surface area contributed by atoms with Gasteiger partial charge in [-0.3, -0.25) is 9.89 Å². The molecule has 0 radical (unpaired) electrons. The van der Waals surface area contributed by atoms with Gasteiger partial charge in [0.2, 0.25) is 0 Å². The van der Waals surface area contributed by atoms with Gasteiger partial charge < -0.3 is 0 Å². The number of nitrogens with zero attached hydrogens (tertiary/aromatic N) is 2. The fourth-order valence-corrected chi connectivity index (χ4v) is 1.98. The monoisotopic (exact) mass is 178 g/mol. The van der Waals surface area contributed by atoms with Gasteiger partial charge in [-0.1, -0.05) is 0 Å². The Morgan fingerprint density at radius 2 is 2.15 bits per heavy atom. The predicted molar refractivity (Wildman–Crippen MR) is 56.1 cm³/mol. The van der Waals surface area contributed by atoms with Crippen molar-refractivity contribution in [1.29, 1.82) is 0 Å². The largest absolute Gasteiger partial charge is 0.292 e. The molecule has 2 aliphatic rings. The van der Waals surface area contributed by atoms with Gasteiger partial charge in [0.15, 0.2) is 0 Å². The van der Waals surface area contributed by atoms with E-state index in [-0.39, 0.29) is 5.54 Å². The molecule has 2 heteroatoms. The third-order valence-electron chi connectivity index (χ3n) is 2.97. The van der Waals surface area contributed by atoms with Crippen molar-refractivity contribution in [2.45, 2.75) is 39.2 Å². The van der Waals surface area contributed by atoms with Gasteiger partial charge in [-0.15, -0.1) is 0 Å². The van der Waals surface area contributed by atoms with Crippen LogP contribution in [0.1, 0.15) is 33.6 Å². The molecule has 0 atom stereocenters. The summed E-state index contributed by atoms with van der Waals surface area (Å²) in [5, 5.41) is 0.